The fourth-order valence-electron chi connectivity index (χ4n) is 3.76. The number of nitrogens with zero attached hydrogens (tertiary/aromatic N) is 8. The van der Waals surface area contributed by atoms with E-state index in [1.165, 1.54) is 29.8 Å². The summed E-state index contributed by atoms with van der Waals surface area (Å²) in [5.41, 5.74) is 6.20. The Bertz CT molecular complexity index is 1420. The molecule has 15 nitrogen and oxygen atoms in total. The van der Waals surface area contributed by atoms with Gasteiger partial charge in [0.2, 0.25) is 11.5 Å². The number of aromatic nitrogens is 6. The van der Waals surface area contributed by atoms with Crippen molar-refractivity contribution in [3.63, 3.8) is 0 Å². The van der Waals surface area contributed by atoms with Gasteiger partial charge in [-0.25, -0.2) is 4.57 Å². The van der Waals surface area contributed by atoms with Crippen molar-refractivity contribution in [1.82, 2.24) is 34.4 Å². The van der Waals surface area contributed by atoms with Gasteiger partial charge in [-0.2, -0.15) is 9.36 Å². The molecule has 0 unspecified atom stereocenters. The topological polar surface area (TPSA) is 197 Å². The molecule has 0 bridgehead atoms. The molecule has 2 aliphatic rings. The molecule has 0 aliphatic carbocycles. The zero-order valence-electron chi connectivity index (χ0n) is 17.9. The summed E-state index contributed by atoms with van der Waals surface area (Å²) < 4.78 is 7.06. The molecule has 180 valence electrons. The van der Waals surface area contributed by atoms with Gasteiger partial charge in [-0.3, -0.25) is 14.5 Å². The molecule has 5 heterocycles. The Hall–Kier alpha value is -4.12. The zero-order chi connectivity index (χ0) is 24.7. The number of nitrogen functional groups attached to an aromatic ring is 1. The molecule has 3 N–H and O–H groups in total. The number of nitrogens with one attached hydrogen (secondary N) is 1. The molecular weight excluding hydrogens is 500 g/mol. The maximum atomic E-state index is 12.9. The number of rotatable bonds is 7. The van der Waals surface area contributed by atoms with Crippen molar-refractivity contribution in [1.29, 1.82) is 0 Å². The Morgan fingerprint density at radius 1 is 1.43 bits per heavy atom. The number of carboxylic acids is 1. The zero-order valence-corrected chi connectivity index (χ0v) is 19.5. The van der Waals surface area contributed by atoms with E-state index in [0.717, 1.165) is 16.4 Å². The Morgan fingerprint density at radius 3 is 2.97 bits per heavy atom. The van der Waals surface area contributed by atoms with E-state index in [2.05, 4.69) is 30.0 Å². The number of thioether (sulfide) groups is 1. The summed E-state index contributed by atoms with van der Waals surface area (Å²) >= 11 is 2.18. The number of oxime groups is 1. The van der Waals surface area contributed by atoms with Crippen LogP contribution in [0.1, 0.15) is 5.82 Å². The number of fused-ring (bicyclic) bond motifs is 2. The summed E-state index contributed by atoms with van der Waals surface area (Å²) in [4.78, 5) is 47.5. The molecule has 1 fully saturated rings. The quantitative estimate of drug-likeness (QED) is 0.140. The van der Waals surface area contributed by atoms with Crippen molar-refractivity contribution >= 4 is 57.6 Å². The van der Waals surface area contributed by atoms with Crippen molar-refractivity contribution in [3.05, 3.63) is 41.8 Å². The lowest BCUT2D eigenvalue weighted by Gasteiger charge is -2.50. The predicted octanol–water partition coefficient (Wildman–Crippen LogP) is -3.09. The Kier molecular flexibility index (Phi) is 5.77. The van der Waals surface area contributed by atoms with E-state index in [1.54, 1.807) is 22.9 Å². The van der Waals surface area contributed by atoms with Crippen LogP contribution in [0, 0.1) is 0 Å². The highest BCUT2D eigenvalue weighted by Gasteiger charge is 2.53. The maximum absolute atomic E-state index is 12.9. The smallest absolute Gasteiger partial charge is 0.290 e. The first-order valence-electron chi connectivity index (χ1n) is 9.97. The number of nitrogens with two attached hydrogens (primary N) is 1. The minimum Gasteiger partial charge on any atom is -0.543 e. The molecule has 2 aliphatic heterocycles. The first kappa shape index (κ1) is 22.7. The molecule has 3 aromatic heterocycles. The molecule has 17 heteroatoms. The fourth-order valence-corrected chi connectivity index (χ4v) is 5.53. The lowest BCUT2D eigenvalue weighted by atomic mass is 10.0. The van der Waals surface area contributed by atoms with E-state index < -0.39 is 29.2 Å². The normalized spacial score (nSPS) is 20.0. The summed E-state index contributed by atoms with van der Waals surface area (Å²) in [6, 6.07) is 2.52. The van der Waals surface area contributed by atoms with Gasteiger partial charge in [-0.05, 0) is 11.6 Å². The standard InChI is InChI=1S/C18H16N10O5S2/c1-33-24-10(13-23-18(19)35-25-13)14(29)22-11-15(30)27-12(17(31)32)8(6-34-16(11)27)5-26-7-21-28-9(26)3-2-4-20-28/h2-4,7,11,16H,5-6H2,1H3,(H3-,19,22,23,25,29,31,32)/b24-10+/t11-,16-/m1/s1. The van der Waals surface area contributed by atoms with Gasteiger partial charge in [0.1, 0.15) is 18.5 Å². The lowest BCUT2D eigenvalue weighted by molar-refractivity contribution is -0.664. The molecular formula is C18H16N10O5S2. The average molecular weight is 517 g/mol. The molecule has 2 atom stereocenters. The van der Waals surface area contributed by atoms with Crippen LogP contribution in [0.2, 0.25) is 0 Å². The van der Waals surface area contributed by atoms with Crippen molar-refractivity contribution in [2.75, 3.05) is 18.6 Å². The summed E-state index contributed by atoms with van der Waals surface area (Å²) in [6.45, 7) is 0.167. The van der Waals surface area contributed by atoms with Gasteiger partial charge in [-0.15, -0.1) is 11.8 Å². The molecule has 5 rings (SSSR count). The Labute approximate surface area is 204 Å². The molecule has 2 amide bonds. The van der Waals surface area contributed by atoms with Gasteiger partial charge in [-0.1, -0.05) is 10.3 Å². The predicted molar refractivity (Wildman–Crippen MR) is 118 cm³/mol. The molecule has 1 saturated heterocycles. The summed E-state index contributed by atoms with van der Waals surface area (Å²) in [5, 5.41) is 25.9. The molecule has 0 radical (unpaired) electrons. The Morgan fingerprint density at radius 2 is 2.26 bits per heavy atom. The van der Waals surface area contributed by atoms with E-state index in [-0.39, 0.29) is 34.7 Å². The van der Waals surface area contributed by atoms with Crippen LogP contribution in [0.25, 0.3) is 5.65 Å². The fraction of sp³-hybridized carbons (Fsp3) is 0.278. The third-order valence-electron chi connectivity index (χ3n) is 5.25. The van der Waals surface area contributed by atoms with E-state index in [0.29, 0.717) is 11.2 Å². The van der Waals surface area contributed by atoms with Crippen LogP contribution in [-0.2, 0) is 25.8 Å². The van der Waals surface area contributed by atoms with Gasteiger partial charge in [0.15, 0.2) is 5.13 Å². The number of aliphatic carboxylic acids is 1. The number of β-lactam (4-membered cyclic amide) rings is 1. The van der Waals surface area contributed by atoms with Crippen LogP contribution in [0.4, 0.5) is 5.13 Å². The monoisotopic (exact) mass is 516 g/mol. The number of hydrogen-bond acceptors (Lipinski definition) is 13. The van der Waals surface area contributed by atoms with Gasteiger partial charge in [0.25, 0.3) is 23.8 Å². The molecule has 0 saturated carbocycles. The second kappa shape index (κ2) is 8.91. The van der Waals surface area contributed by atoms with Crippen LogP contribution < -0.4 is 20.7 Å². The third-order valence-corrected chi connectivity index (χ3v) is 7.13. The summed E-state index contributed by atoms with van der Waals surface area (Å²) in [7, 11) is 1.24. The first-order valence-corrected chi connectivity index (χ1v) is 11.8. The number of hydrogen-bond donors (Lipinski definition) is 2. The largest absolute Gasteiger partial charge is 0.543 e. The maximum Gasteiger partial charge on any atom is 0.290 e. The minimum atomic E-state index is -1.48. The van der Waals surface area contributed by atoms with Crippen LogP contribution in [0.5, 0.6) is 0 Å². The Balaban J connectivity index is 1.37. The van der Waals surface area contributed by atoms with Gasteiger partial charge >= 0.3 is 0 Å². The second-order valence-corrected chi connectivity index (χ2v) is 9.20. The highest BCUT2D eigenvalue weighted by atomic mass is 32.2. The van der Waals surface area contributed by atoms with Crippen molar-refractivity contribution in [2.45, 2.75) is 18.0 Å². The van der Waals surface area contributed by atoms with Crippen LogP contribution in [0.3, 0.4) is 0 Å². The van der Waals surface area contributed by atoms with Crippen LogP contribution >= 0.6 is 23.3 Å². The van der Waals surface area contributed by atoms with Crippen molar-refractivity contribution in [3.8, 4) is 0 Å². The lowest BCUT2D eigenvalue weighted by Crippen LogP contribution is -2.71. The average Bonchev–Trinajstić information content (AvgIpc) is 3.46. The highest BCUT2D eigenvalue weighted by molar-refractivity contribution is 8.00. The molecule has 3 aromatic rings. The van der Waals surface area contributed by atoms with Crippen molar-refractivity contribution in [2.24, 2.45) is 5.16 Å². The summed E-state index contributed by atoms with van der Waals surface area (Å²) in [6.07, 6.45) is 3.10. The van der Waals surface area contributed by atoms with Gasteiger partial charge < -0.3 is 25.8 Å². The number of amides is 2. The van der Waals surface area contributed by atoms with Crippen molar-refractivity contribution < 1.29 is 28.9 Å². The van der Waals surface area contributed by atoms with Crippen LogP contribution in [-0.4, -0.2) is 76.9 Å². The van der Waals surface area contributed by atoms with E-state index in [9.17, 15) is 19.5 Å². The van der Waals surface area contributed by atoms with Gasteiger partial charge in [0.05, 0.1) is 29.5 Å². The number of carbonyl (C=O) groups is 3. The van der Waals surface area contributed by atoms with E-state index >= 15 is 0 Å². The molecule has 35 heavy (non-hydrogen) atoms. The minimum absolute atomic E-state index is 0.0516. The SMILES string of the molecule is CO/N=C(/C(=O)N[C@@H]1C(=O)N2C(C(=O)[O-])=C(C[n+]3cnn4ncccc43)CS[C@H]12)c1nsc(N)n1. The molecule has 0 spiro atoms. The first-order chi connectivity index (χ1) is 16.9. The third kappa shape index (κ3) is 3.93. The highest BCUT2D eigenvalue weighted by Crippen LogP contribution is 2.40. The summed E-state index contributed by atoms with van der Waals surface area (Å²) in [5.74, 6) is -2.60. The number of carboxylic acid groups (broad SMARTS) is 1. The molecule has 0 aromatic carbocycles. The van der Waals surface area contributed by atoms with E-state index in [4.69, 9.17) is 10.6 Å². The second-order valence-electron chi connectivity index (χ2n) is 7.31. The van der Waals surface area contributed by atoms with E-state index in [1.807, 2.05) is 0 Å². The van der Waals surface area contributed by atoms with Gasteiger partial charge in [0, 0.05) is 28.0 Å². The van der Waals surface area contributed by atoms with Crippen LogP contribution in [0.15, 0.2) is 41.1 Å². The number of anilines is 1. The number of carbonyl (C=O) groups excluding carboxylic acids is 3.